The zero-order chi connectivity index (χ0) is 9.30. The van der Waals surface area contributed by atoms with Gasteiger partial charge in [-0.3, -0.25) is 0 Å². The molecule has 5 atom stereocenters. The highest BCUT2D eigenvalue weighted by molar-refractivity contribution is 4.90. The van der Waals surface area contributed by atoms with Crippen molar-refractivity contribution in [3.63, 3.8) is 0 Å². The maximum atomic E-state index is 13.0. The average Bonchev–Trinajstić information content (AvgIpc) is 2.08. The van der Waals surface area contributed by atoms with E-state index in [1.807, 2.05) is 0 Å². The molecule has 0 amide bonds. The van der Waals surface area contributed by atoms with Crippen molar-refractivity contribution in [3.8, 4) is 0 Å². The van der Waals surface area contributed by atoms with E-state index in [0.717, 1.165) is 0 Å². The van der Waals surface area contributed by atoms with E-state index in [9.17, 15) is 4.39 Å². The van der Waals surface area contributed by atoms with Gasteiger partial charge in [0, 0.05) is 0 Å². The summed E-state index contributed by atoms with van der Waals surface area (Å²) < 4.78 is 17.9. The smallest absolute Gasteiger partial charge is 0.157 e. The second-order valence-corrected chi connectivity index (χ2v) is 2.99. The first kappa shape index (κ1) is 9.85. The van der Waals surface area contributed by atoms with E-state index in [0.29, 0.717) is 0 Å². The number of ether oxygens (including phenoxy) is 1. The molecule has 1 saturated heterocycles. The van der Waals surface area contributed by atoms with Crippen LogP contribution in [0.2, 0.25) is 0 Å². The molecule has 5 heteroatoms. The van der Waals surface area contributed by atoms with Gasteiger partial charge in [-0.25, -0.2) is 4.39 Å². The van der Waals surface area contributed by atoms with Crippen LogP contribution in [0, 0.1) is 0 Å². The summed E-state index contributed by atoms with van der Waals surface area (Å²) in [5.41, 5.74) is 0. The Kier molecular flexibility index (Phi) is 3.00. The Balaban J connectivity index is 2.63. The first-order valence-electron chi connectivity index (χ1n) is 3.84. The predicted octanol–water partition coefficient (Wildman–Crippen LogP) is -1.17. The lowest BCUT2D eigenvalue weighted by atomic mass is 9.97. The van der Waals surface area contributed by atoms with Gasteiger partial charge in [0.1, 0.15) is 18.3 Å². The van der Waals surface area contributed by atoms with Crippen LogP contribution in [0.25, 0.3) is 0 Å². The molecule has 1 heterocycles. The Labute approximate surface area is 69.6 Å². The normalized spacial score (nSPS) is 49.2. The molecule has 0 unspecified atom stereocenters. The summed E-state index contributed by atoms with van der Waals surface area (Å²) in [4.78, 5) is 0. The van der Waals surface area contributed by atoms with E-state index in [1.54, 1.807) is 0 Å². The van der Waals surface area contributed by atoms with Crippen molar-refractivity contribution in [1.29, 1.82) is 0 Å². The molecule has 1 aliphatic heterocycles. The summed E-state index contributed by atoms with van der Waals surface area (Å²) in [6.45, 7) is 1.03. The molecule has 0 aromatic heterocycles. The Morgan fingerprint density at radius 1 is 1.33 bits per heavy atom. The summed E-state index contributed by atoms with van der Waals surface area (Å²) >= 11 is 0. The summed E-state index contributed by atoms with van der Waals surface area (Å²) in [6, 6.07) is 0. The van der Waals surface area contributed by atoms with Gasteiger partial charge in [-0.15, -0.1) is 0 Å². The fourth-order valence-corrected chi connectivity index (χ4v) is 1.26. The summed E-state index contributed by atoms with van der Waals surface area (Å²) in [6.07, 6.45) is -6.09. The molecule has 72 valence electrons. The van der Waals surface area contributed by atoms with E-state index >= 15 is 0 Å². The van der Waals surface area contributed by atoms with Gasteiger partial charge in [0.05, 0.1) is 12.7 Å². The standard InChI is InChI=1S/C7H13FO4/c1-3-6(10)7(11)5(8)4(2-9)12-3/h3-7,9-11H,2H2,1H3/t3-,4+,5+,6-,7-/m0/s1. The van der Waals surface area contributed by atoms with Crippen LogP contribution in [0.1, 0.15) is 6.92 Å². The monoisotopic (exact) mass is 180 g/mol. The van der Waals surface area contributed by atoms with Crippen LogP contribution >= 0.6 is 0 Å². The molecule has 1 fully saturated rings. The molecule has 0 bridgehead atoms. The van der Waals surface area contributed by atoms with Crippen LogP contribution in [0.15, 0.2) is 0 Å². The second-order valence-electron chi connectivity index (χ2n) is 2.99. The fourth-order valence-electron chi connectivity index (χ4n) is 1.26. The van der Waals surface area contributed by atoms with Crippen LogP contribution in [-0.2, 0) is 4.74 Å². The van der Waals surface area contributed by atoms with Crippen molar-refractivity contribution < 1.29 is 24.4 Å². The van der Waals surface area contributed by atoms with Crippen LogP contribution in [0.5, 0.6) is 0 Å². The van der Waals surface area contributed by atoms with Gasteiger partial charge in [-0.1, -0.05) is 0 Å². The van der Waals surface area contributed by atoms with E-state index < -0.39 is 37.2 Å². The number of rotatable bonds is 1. The Hall–Kier alpha value is -0.230. The van der Waals surface area contributed by atoms with E-state index in [2.05, 4.69) is 0 Å². The topological polar surface area (TPSA) is 69.9 Å². The molecule has 0 aromatic rings. The van der Waals surface area contributed by atoms with Crippen LogP contribution in [0.3, 0.4) is 0 Å². The number of alkyl halides is 1. The third-order valence-corrected chi connectivity index (χ3v) is 2.08. The Morgan fingerprint density at radius 3 is 2.42 bits per heavy atom. The lowest BCUT2D eigenvalue weighted by molar-refractivity contribution is -0.205. The van der Waals surface area contributed by atoms with Crippen molar-refractivity contribution in [2.75, 3.05) is 6.61 Å². The largest absolute Gasteiger partial charge is 0.394 e. The van der Waals surface area contributed by atoms with Crippen LogP contribution in [0.4, 0.5) is 4.39 Å². The first-order chi connectivity index (χ1) is 5.57. The lowest BCUT2D eigenvalue weighted by Crippen LogP contribution is -2.55. The summed E-state index contributed by atoms with van der Waals surface area (Å²) in [7, 11) is 0. The van der Waals surface area contributed by atoms with E-state index in [-0.39, 0.29) is 0 Å². The molecule has 3 N–H and O–H groups in total. The summed E-state index contributed by atoms with van der Waals surface area (Å²) in [5.74, 6) is 0. The SMILES string of the molecule is C[C@@H]1O[C@H](CO)[C@@H](F)[C@H](O)[C@H]1O. The molecule has 12 heavy (non-hydrogen) atoms. The maximum absolute atomic E-state index is 13.0. The highest BCUT2D eigenvalue weighted by atomic mass is 19.1. The number of aliphatic hydroxyl groups is 3. The molecule has 1 rings (SSSR count). The minimum atomic E-state index is -1.72. The molecule has 4 nitrogen and oxygen atoms in total. The number of halogens is 1. The second kappa shape index (κ2) is 3.66. The van der Waals surface area contributed by atoms with Crippen LogP contribution < -0.4 is 0 Å². The van der Waals surface area contributed by atoms with Gasteiger partial charge in [0.15, 0.2) is 6.17 Å². The Morgan fingerprint density at radius 2 is 1.92 bits per heavy atom. The van der Waals surface area contributed by atoms with Crippen molar-refractivity contribution in [2.45, 2.75) is 37.5 Å². The van der Waals surface area contributed by atoms with E-state index in [1.165, 1.54) is 6.92 Å². The predicted molar refractivity (Wildman–Crippen MR) is 38.3 cm³/mol. The molecule has 0 aliphatic carbocycles. The maximum Gasteiger partial charge on any atom is 0.157 e. The fraction of sp³-hybridized carbons (Fsp3) is 1.00. The van der Waals surface area contributed by atoms with Crippen LogP contribution in [-0.4, -0.2) is 52.5 Å². The van der Waals surface area contributed by atoms with Crippen molar-refractivity contribution in [2.24, 2.45) is 0 Å². The average molecular weight is 180 g/mol. The molecule has 0 saturated carbocycles. The number of hydrogen-bond donors (Lipinski definition) is 3. The number of aliphatic hydroxyl groups excluding tert-OH is 3. The third-order valence-electron chi connectivity index (χ3n) is 2.08. The molecular weight excluding hydrogens is 167 g/mol. The molecular formula is C7H13FO4. The third kappa shape index (κ3) is 1.59. The molecule has 1 aliphatic rings. The summed E-state index contributed by atoms with van der Waals surface area (Å²) in [5, 5.41) is 26.9. The Bertz CT molecular complexity index is 150. The van der Waals surface area contributed by atoms with Crippen molar-refractivity contribution in [1.82, 2.24) is 0 Å². The quantitative estimate of drug-likeness (QED) is 0.475. The lowest BCUT2D eigenvalue weighted by Gasteiger charge is -2.37. The minimum Gasteiger partial charge on any atom is -0.394 e. The van der Waals surface area contributed by atoms with Gasteiger partial charge in [-0.2, -0.15) is 0 Å². The van der Waals surface area contributed by atoms with Gasteiger partial charge in [0.25, 0.3) is 0 Å². The zero-order valence-corrected chi connectivity index (χ0v) is 6.72. The highest BCUT2D eigenvalue weighted by Gasteiger charge is 2.42. The highest BCUT2D eigenvalue weighted by Crippen LogP contribution is 2.22. The molecule has 0 aromatic carbocycles. The minimum absolute atomic E-state index is 0.491. The molecule has 0 spiro atoms. The van der Waals surface area contributed by atoms with Gasteiger partial charge in [0.2, 0.25) is 0 Å². The zero-order valence-electron chi connectivity index (χ0n) is 6.72. The van der Waals surface area contributed by atoms with Crippen molar-refractivity contribution in [3.05, 3.63) is 0 Å². The molecule has 0 radical (unpaired) electrons. The first-order valence-corrected chi connectivity index (χ1v) is 3.84. The van der Waals surface area contributed by atoms with Gasteiger partial charge in [-0.05, 0) is 6.92 Å². The van der Waals surface area contributed by atoms with Gasteiger partial charge >= 0.3 is 0 Å². The van der Waals surface area contributed by atoms with Crippen molar-refractivity contribution >= 4 is 0 Å². The van der Waals surface area contributed by atoms with Gasteiger partial charge < -0.3 is 20.1 Å². The van der Waals surface area contributed by atoms with E-state index in [4.69, 9.17) is 20.1 Å². The number of hydrogen-bond acceptors (Lipinski definition) is 4.